The van der Waals surface area contributed by atoms with Crippen molar-refractivity contribution in [1.82, 2.24) is 0 Å². The van der Waals surface area contributed by atoms with E-state index in [-0.39, 0.29) is 266 Å². The molecule has 550 valence electrons. The maximum absolute atomic E-state index is 13.5. The molecule has 0 radical (unpaired) electrons. The number of carbonyl (C=O) groups is 2. The largest absolute Gasteiger partial charge is 1.00 e. The normalized spacial score (nSPS) is 35.5. The molecule has 25 atom stereocenters. The molecule has 6 fully saturated rings. The third-order valence-corrected chi connectivity index (χ3v) is 17.2. The van der Waals surface area contributed by atoms with E-state index in [4.69, 9.17) is 80.5 Å². The van der Waals surface area contributed by atoms with Crippen molar-refractivity contribution >= 4 is 84.7 Å². The molecule has 6 saturated heterocycles. The first kappa shape index (κ1) is 116. The van der Waals surface area contributed by atoms with Crippen molar-refractivity contribution in [2.75, 3.05) is 76.2 Å². The van der Waals surface area contributed by atoms with Gasteiger partial charge in [-0.1, -0.05) is 0 Å². The summed E-state index contributed by atoms with van der Waals surface area (Å²) >= 11 is 0. The maximum atomic E-state index is 13.5. The second kappa shape index (κ2) is 48.6. The van der Waals surface area contributed by atoms with E-state index < -0.39 is 264 Å². The van der Waals surface area contributed by atoms with E-state index in [1.54, 1.807) is 0 Å². The van der Waals surface area contributed by atoms with Crippen molar-refractivity contribution in [2.24, 2.45) is 0 Å². The van der Waals surface area contributed by atoms with Gasteiger partial charge in [-0.05, 0) is 0 Å². The molecular weight excluding hydrogens is 1670 g/mol. The van der Waals surface area contributed by atoms with Gasteiger partial charge in [0.1, 0.15) is 104 Å². The number of fused-ring (bicyclic) bond motifs is 2. The van der Waals surface area contributed by atoms with E-state index in [1.165, 1.54) is 0 Å². The molecule has 0 amide bonds. The summed E-state index contributed by atoms with van der Waals surface area (Å²) in [5, 5.41) is 26.5. The number of carboxylic acid groups (broad SMARTS) is 2. The van der Waals surface area contributed by atoms with Crippen LogP contribution in [0.3, 0.4) is 0 Å². The Bertz CT molecular complexity index is 3460. The van der Waals surface area contributed by atoms with Crippen LogP contribution in [0.5, 0.6) is 0 Å². The average Bonchev–Trinajstić information content (AvgIpc) is 1.62. The Morgan fingerprint density at radius 1 is 0.350 bits per heavy atom. The Morgan fingerprint density at radius 2 is 0.660 bits per heavy atom. The van der Waals surface area contributed by atoms with Crippen molar-refractivity contribution in [1.29, 1.82) is 0 Å². The van der Waals surface area contributed by atoms with E-state index in [2.05, 4.69) is 29.3 Å². The molecule has 6 aliphatic heterocycles. The monoisotopic (exact) mass is 1720 g/mol. The van der Waals surface area contributed by atoms with Crippen LogP contribution in [0.25, 0.3) is 0 Å². The van der Waals surface area contributed by atoms with Gasteiger partial charge >= 0.3 is 266 Å². The number of aliphatic carboxylic acids is 2. The summed E-state index contributed by atoms with van der Waals surface area (Å²) < 4.78 is 378. The van der Waals surface area contributed by atoms with Crippen LogP contribution in [0.1, 0.15) is 0 Å². The minimum atomic E-state index is -6.51. The summed E-state index contributed by atoms with van der Waals surface area (Å²) in [5.41, 5.74) is -3.49. The molecule has 65 heteroatoms. The number of rotatable bonds is 34. The Morgan fingerprint density at radius 3 is 1.00 bits per heavy atom. The van der Waals surface area contributed by atoms with Crippen LogP contribution in [0.2, 0.25) is 0 Å². The van der Waals surface area contributed by atoms with E-state index in [0.717, 1.165) is 35.5 Å². The maximum Gasteiger partial charge on any atom is 1.00 e. The van der Waals surface area contributed by atoms with Crippen LogP contribution >= 0.6 is 0 Å². The SMILES string of the molecule is CO[C@H]1O[C@H](COS(=O)(=O)[O-])[C@@H](O[C@@H]2O[C@]3(C(=O)[O-])CO[C@H]([C@H]2OC)[C@@H]3O[C@H]2O[C@H](COS(=O)(=O)[O-])[C@@H](O[C@@H]3O[C@H](C(=O)[O-])[C@@H](O[C@H]4O[C@H](COS(=O)(=O)[O-])[C@@H](OC)[C@H](OC)[C@H]4OC)[C@H](OC)[C@H]3OC)[C@H](OS(=O)(=O)[O-])[C@H]2OS(=O)(=O)[O-])[C@H](OS(=O)(=O)[O-])[C@H]1OS(=O)(=O)[O-].[Na+].[Na+].[Na+].[Na+].[Na+].[Na+].[Na+].[Na+].[Na+]. The Hall–Kier alpha value is 6.35. The number of hydrogen-bond acceptors (Lipinski definition) is 49. The van der Waals surface area contributed by atoms with Gasteiger partial charge in [-0.3, -0.25) is 29.3 Å². The van der Waals surface area contributed by atoms with Crippen molar-refractivity contribution in [3.8, 4) is 0 Å². The Kier molecular flexibility index (Phi) is 54.5. The minimum Gasteiger partial charge on any atom is -0.726 e. The van der Waals surface area contributed by atoms with E-state index >= 15 is 0 Å². The summed E-state index contributed by atoms with van der Waals surface area (Å²) in [5.74, 6) is -4.88. The predicted octanol–water partition coefficient (Wildman–Crippen LogP) is -40.0. The zero-order valence-electron chi connectivity index (χ0n) is 57.0. The first-order valence-electron chi connectivity index (χ1n) is 25.3. The number of methoxy groups -OCH3 is 7. The molecule has 0 N–H and O–H groups in total. The molecule has 6 aliphatic rings. The molecule has 0 aromatic carbocycles. The van der Waals surface area contributed by atoms with E-state index in [1.807, 2.05) is 0 Å². The third-order valence-electron chi connectivity index (χ3n) is 14.1. The van der Waals surface area contributed by atoms with Crippen LogP contribution < -0.4 is 276 Å². The smallest absolute Gasteiger partial charge is 0.726 e. The summed E-state index contributed by atoms with van der Waals surface area (Å²) in [7, 11) is -36.5. The second-order valence-electron chi connectivity index (χ2n) is 19.6. The zero-order valence-corrected chi connectivity index (χ0v) is 80.8. The number of carboxylic acids is 2. The van der Waals surface area contributed by atoms with Gasteiger partial charge in [0, 0.05) is 49.8 Å². The van der Waals surface area contributed by atoms with Gasteiger partial charge in [0.15, 0.2) is 49.3 Å². The Labute approximate surface area is 787 Å². The quantitative estimate of drug-likeness (QED) is 0.0328. The average molecular weight is 1730 g/mol. The van der Waals surface area contributed by atoms with Crippen molar-refractivity contribution in [3.63, 3.8) is 0 Å². The molecule has 0 aliphatic carbocycles. The first-order chi connectivity index (χ1) is 43.2. The summed E-state index contributed by atoms with van der Waals surface area (Å²) in [4.78, 5) is 26.5. The van der Waals surface area contributed by atoms with Crippen molar-refractivity contribution in [3.05, 3.63) is 0 Å². The van der Waals surface area contributed by atoms with Crippen LogP contribution in [-0.4, -0.2) is 332 Å². The molecule has 0 unspecified atom stereocenters. The first-order valence-corrected chi connectivity index (χ1v) is 34.6. The predicted molar refractivity (Wildman–Crippen MR) is 259 cm³/mol. The van der Waals surface area contributed by atoms with Crippen molar-refractivity contribution in [2.45, 2.75) is 153 Å². The van der Waals surface area contributed by atoms with Gasteiger partial charge in [0.05, 0.1) is 38.4 Å². The van der Waals surface area contributed by atoms with E-state index in [0.29, 0.717) is 14.2 Å². The second-order valence-corrected chi connectivity index (χ2v) is 26.8. The molecule has 0 aromatic heterocycles. The fourth-order valence-electron chi connectivity index (χ4n) is 10.6. The summed E-state index contributed by atoms with van der Waals surface area (Å²) in [6.07, 6.45) is -58.5. The molecule has 49 nitrogen and oxygen atoms in total. The zero-order chi connectivity index (χ0) is 70.8. The third kappa shape index (κ3) is 32.8. The van der Waals surface area contributed by atoms with Gasteiger partial charge in [0.25, 0.3) is 0 Å². The van der Waals surface area contributed by atoms with Crippen LogP contribution in [0, 0.1) is 0 Å². The molecule has 0 aromatic rings. The van der Waals surface area contributed by atoms with Crippen LogP contribution in [0.15, 0.2) is 0 Å². The summed E-state index contributed by atoms with van der Waals surface area (Å²) in [6, 6.07) is 0. The fourth-order valence-corrected chi connectivity index (χ4v) is 13.4. The van der Waals surface area contributed by atoms with E-state index in [9.17, 15) is 111 Å². The minimum absolute atomic E-state index is 0. The number of carbonyl (C=O) groups excluding carboxylic acids is 2. The summed E-state index contributed by atoms with van der Waals surface area (Å²) in [6.45, 7) is -6.13. The Balaban J connectivity index is -0.00000544. The molecule has 6 heterocycles. The van der Waals surface area contributed by atoms with Gasteiger partial charge in [0.2, 0.25) is 72.8 Å². The molecule has 103 heavy (non-hydrogen) atoms. The number of ether oxygens (including phenoxy) is 17. The van der Waals surface area contributed by atoms with Crippen LogP contribution in [-0.2, 0) is 192 Å². The van der Waals surface area contributed by atoms with Gasteiger partial charge in [-0.25, -0.2) is 58.9 Å². The molecular formula is C38H53Na9O49S7. The van der Waals surface area contributed by atoms with Crippen LogP contribution in [0.4, 0.5) is 0 Å². The van der Waals surface area contributed by atoms with Gasteiger partial charge < -0.3 is 132 Å². The fraction of sp³-hybridized carbons (Fsp3) is 0.947. The molecule has 0 saturated carbocycles. The molecule has 2 bridgehead atoms. The topological polar surface area (TPSA) is 702 Å². The van der Waals surface area contributed by atoms with Crippen molar-refractivity contribution < 1.29 is 486 Å². The van der Waals surface area contributed by atoms with Gasteiger partial charge in [-0.15, -0.1) is 0 Å². The standard InChI is InChI=1S/C38H62O49S7.9Na/c1-64-15-12(8-72-88(43,44)45)76-33(25(67-4)18(15)65-2)80-20-19(66-3)26(68-5)34(81-24(20)31(39)40)78-16-14(10-74-90(49,50)51)77-35(29(87-94(61,62)63)22(16)85-92(55,56)57)82-30-23-27(69-6)36(83-38(30,11-71-23)37(41)42)79-17-13(9-73-89(46,47)48)75-32(70-7)28(86-93(58,59)60)21(17)84-91(52,53)54;;;;;;;;;/h12-30,32-36H,8-11H2,1-7H3,(H,39,40)(H,41,42)(H,43,44,45)(H,46,47,48)(H,49,50,51)(H,52,53,54)(H,55,56,57)(H,58,59,60)(H,61,62,63);;;;;;;;;/q;9*+1/p-9/t12-,13-,14-,15-,16-,17-,18+,19+,20+,21+,22+,23-,24+,25-,26-,27-,28-,29-,30+,32+,33-,34-,35-,36-,38-;;;;;;;;;/m1........./s1. The number of hydrogen-bond donors (Lipinski definition) is 0. The molecule has 6 rings (SSSR count). The molecule has 0 spiro atoms. The van der Waals surface area contributed by atoms with Gasteiger partial charge in [-0.2, -0.15) is 0 Å².